The van der Waals surface area contributed by atoms with Gasteiger partial charge in [-0.05, 0) is 35.7 Å². The largest absolute Gasteiger partial charge is 0.778 e. The van der Waals surface area contributed by atoms with Gasteiger partial charge in [0.15, 0.2) is 13.0 Å². The second kappa shape index (κ2) is 8.65. The van der Waals surface area contributed by atoms with E-state index in [-0.39, 0.29) is 5.75 Å². The first-order chi connectivity index (χ1) is 10.1. The van der Waals surface area contributed by atoms with Crippen molar-refractivity contribution in [2.24, 2.45) is 0 Å². The highest BCUT2D eigenvalue weighted by Gasteiger charge is 2.41. The van der Waals surface area contributed by atoms with Crippen LogP contribution in [0.25, 0.3) is 0 Å². The summed E-state index contributed by atoms with van der Waals surface area (Å²) < 4.78 is 22.3. The molecule has 22 heavy (non-hydrogen) atoms. The summed E-state index contributed by atoms with van der Waals surface area (Å²) in [7, 11) is -10.4. The molecular weight excluding hydrogens is 346 g/mol. The van der Waals surface area contributed by atoms with Crippen molar-refractivity contribution in [1.29, 1.82) is 0 Å². The second-order valence-electron chi connectivity index (χ2n) is 5.23. The minimum Gasteiger partial charge on any atom is -0.778 e. The number of hydrogen-bond acceptors (Lipinski definition) is 3. The molecule has 9 heteroatoms. The van der Waals surface area contributed by atoms with E-state index in [0.29, 0.717) is 5.75 Å². The van der Waals surface area contributed by atoms with Gasteiger partial charge in [-0.1, -0.05) is 30.3 Å². The summed E-state index contributed by atoms with van der Waals surface area (Å²) in [6, 6.07) is 9.96. The topological polar surface area (TPSA) is 118 Å². The Balaban J connectivity index is 2.40. The standard InChI is InChI=1S/C13H22O6P2S/c1-22(11-13(20(14,15)16)21(17,18)19)10-6-5-9-12-7-3-2-4-8-12/h2-4,7-8,13H,5-6,9-11H2,1H3,(H3-,14,15,16,17,18,19). The van der Waals surface area contributed by atoms with Crippen molar-refractivity contribution >= 4 is 26.1 Å². The van der Waals surface area contributed by atoms with E-state index >= 15 is 0 Å². The number of aryl methyl sites for hydroxylation is 1. The highest BCUT2D eigenvalue weighted by atomic mass is 32.2. The van der Waals surface area contributed by atoms with Crippen LogP contribution in [0.2, 0.25) is 0 Å². The molecule has 0 amide bonds. The lowest BCUT2D eigenvalue weighted by atomic mass is 10.1. The molecule has 0 saturated heterocycles. The van der Waals surface area contributed by atoms with Gasteiger partial charge in [-0.25, -0.2) is 0 Å². The van der Waals surface area contributed by atoms with Gasteiger partial charge in [0.25, 0.3) is 0 Å². The fraction of sp³-hybridized carbons (Fsp3) is 0.538. The molecule has 1 rings (SSSR count). The van der Waals surface area contributed by atoms with Gasteiger partial charge in [-0.15, -0.1) is 0 Å². The minimum absolute atomic E-state index is 0.201. The van der Waals surface area contributed by atoms with Gasteiger partial charge >= 0.3 is 7.60 Å². The first kappa shape index (κ1) is 19.9. The van der Waals surface area contributed by atoms with E-state index in [4.69, 9.17) is 14.7 Å². The first-order valence-corrected chi connectivity index (χ1v) is 12.1. The van der Waals surface area contributed by atoms with E-state index in [1.165, 1.54) is 5.56 Å². The van der Waals surface area contributed by atoms with Crippen molar-refractivity contribution in [3.8, 4) is 0 Å². The molecule has 1 aromatic carbocycles. The van der Waals surface area contributed by atoms with Gasteiger partial charge in [-0.3, -0.25) is 4.57 Å². The molecule has 0 radical (unpaired) electrons. The second-order valence-corrected chi connectivity index (χ2v) is 11.5. The van der Waals surface area contributed by atoms with Gasteiger partial charge in [0, 0.05) is 0 Å². The van der Waals surface area contributed by atoms with Crippen LogP contribution in [-0.2, 0) is 26.4 Å². The summed E-state index contributed by atoms with van der Waals surface area (Å²) in [5, 5.41) is -1.98. The maximum Gasteiger partial charge on any atom is 0.341 e. The van der Waals surface area contributed by atoms with E-state index in [2.05, 4.69) is 0 Å². The third kappa shape index (κ3) is 7.42. The molecule has 0 spiro atoms. The van der Waals surface area contributed by atoms with E-state index < -0.39 is 31.5 Å². The lowest BCUT2D eigenvalue weighted by molar-refractivity contribution is -0.194. The average Bonchev–Trinajstić information content (AvgIpc) is 2.40. The third-order valence-electron chi connectivity index (χ3n) is 3.25. The zero-order valence-corrected chi connectivity index (χ0v) is 15.0. The zero-order valence-electron chi connectivity index (χ0n) is 12.4. The molecule has 0 fully saturated rings. The molecule has 0 aliphatic carbocycles. The van der Waals surface area contributed by atoms with E-state index in [1.807, 2.05) is 30.3 Å². The van der Waals surface area contributed by atoms with Crippen molar-refractivity contribution in [2.75, 3.05) is 17.8 Å². The Labute approximate surface area is 133 Å². The van der Waals surface area contributed by atoms with Gasteiger partial charge in [0.2, 0.25) is 0 Å². The Kier molecular flexibility index (Phi) is 7.83. The molecule has 0 heterocycles. The van der Waals surface area contributed by atoms with E-state index in [0.717, 1.165) is 19.3 Å². The quantitative estimate of drug-likeness (QED) is 0.344. The number of rotatable bonds is 9. The number of benzene rings is 1. The van der Waals surface area contributed by atoms with E-state index in [9.17, 15) is 14.0 Å². The molecule has 3 N–H and O–H groups in total. The SMILES string of the molecule is C[S+](CCCCc1ccccc1)CC(P(=O)([O-])O)P(=O)(O)O. The molecule has 3 atom stereocenters. The molecular formula is C13H22O6P2S. The van der Waals surface area contributed by atoms with Crippen LogP contribution in [0.5, 0.6) is 0 Å². The van der Waals surface area contributed by atoms with Gasteiger partial charge < -0.3 is 24.1 Å². The highest BCUT2D eigenvalue weighted by Crippen LogP contribution is 2.57. The van der Waals surface area contributed by atoms with E-state index in [1.54, 1.807) is 6.26 Å². The third-order valence-corrected chi connectivity index (χ3v) is 9.30. The predicted octanol–water partition coefficient (Wildman–Crippen LogP) is 1.31. The lowest BCUT2D eigenvalue weighted by Crippen LogP contribution is -2.27. The van der Waals surface area contributed by atoms with Crippen molar-refractivity contribution in [2.45, 2.75) is 24.7 Å². The molecule has 0 aliphatic heterocycles. The summed E-state index contributed by atoms with van der Waals surface area (Å²) >= 11 is 0. The Morgan fingerprint density at radius 3 is 2.23 bits per heavy atom. The molecule has 1 aromatic rings. The monoisotopic (exact) mass is 368 g/mol. The summed E-state index contributed by atoms with van der Waals surface area (Å²) in [5.41, 5.74) is 1.23. The van der Waals surface area contributed by atoms with Crippen molar-refractivity contribution in [3.63, 3.8) is 0 Å². The average molecular weight is 368 g/mol. The summed E-state index contributed by atoms with van der Waals surface area (Å²) in [6.45, 7) is 0. The molecule has 0 bridgehead atoms. The Hall–Kier alpha value is -0.130. The number of hydrogen-bond donors (Lipinski definition) is 3. The fourth-order valence-electron chi connectivity index (χ4n) is 2.04. The van der Waals surface area contributed by atoms with Crippen LogP contribution in [0.3, 0.4) is 0 Å². The van der Waals surface area contributed by atoms with Crippen LogP contribution in [0.1, 0.15) is 18.4 Å². The Morgan fingerprint density at radius 2 is 1.73 bits per heavy atom. The zero-order chi connectivity index (χ0) is 16.8. The maximum absolute atomic E-state index is 11.2. The van der Waals surface area contributed by atoms with Crippen LogP contribution >= 0.6 is 15.2 Å². The van der Waals surface area contributed by atoms with Crippen molar-refractivity contribution in [3.05, 3.63) is 35.9 Å². The van der Waals surface area contributed by atoms with Gasteiger partial charge in [0.05, 0.1) is 6.26 Å². The Bertz CT molecular complexity index is 519. The fourth-order valence-corrected chi connectivity index (χ4v) is 7.99. The molecule has 126 valence electrons. The number of unbranched alkanes of at least 4 members (excludes halogenated alkanes) is 1. The smallest absolute Gasteiger partial charge is 0.341 e. The molecule has 3 unspecified atom stereocenters. The van der Waals surface area contributed by atoms with Gasteiger partial charge in [0.1, 0.15) is 11.5 Å². The maximum atomic E-state index is 11.2. The summed E-state index contributed by atoms with van der Waals surface area (Å²) in [4.78, 5) is 38.2. The molecule has 0 saturated carbocycles. The summed E-state index contributed by atoms with van der Waals surface area (Å²) in [5.74, 6) is 0.482. The predicted molar refractivity (Wildman–Crippen MR) is 88.1 cm³/mol. The van der Waals surface area contributed by atoms with Gasteiger partial charge in [-0.2, -0.15) is 0 Å². The molecule has 6 nitrogen and oxygen atoms in total. The van der Waals surface area contributed by atoms with Crippen LogP contribution in [0.4, 0.5) is 0 Å². The van der Waals surface area contributed by atoms with Crippen LogP contribution in [0, 0.1) is 0 Å². The van der Waals surface area contributed by atoms with Crippen LogP contribution in [-0.4, -0.2) is 37.8 Å². The summed E-state index contributed by atoms with van der Waals surface area (Å²) in [6.07, 6.45) is 4.45. The lowest BCUT2D eigenvalue weighted by Gasteiger charge is -2.26. The normalized spacial score (nSPS) is 17.7. The van der Waals surface area contributed by atoms with Crippen LogP contribution < -0.4 is 4.89 Å². The highest BCUT2D eigenvalue weighted by molar-refractivity contribution is 7.97. The molecule has 0 aromatic heterocycles. The molecule has 0 aliphatic rings. The Morgan fingerprint density at radius 1 is 1.14 bits per heavy atom. The van der Waals surface area contributed by atoms with Crippen LogP contribution in [0.15, 0.2) is 30.3 Å². The van der Waals surface area contributed by atoms with Crippen molar-refractivity contribution in [1.82, 2.24) is 0 Å². The first-order valence-electron chi connectivity index (χ1n) is 6.82. The minimum atomic E-state index is -5.04. The van der Waals surface area contributed by atoms with Crippen molar-refractivity contribution < 1.29 is 28.7 Å².